The Balaban J connectivity index is 0.00000400. The van der Waals surface area contributed by atoms with Crippen LogP contribution in [0.3, 0.4) is 0 Å². The number of rotatable bonds is 6. The first-order chi connectivity index (χ1) is 9.37. The molecule has 0 spiro atoms. The van der Waals surface area contributed by atoms with Crippen molar-refractivity contribution in [3.63, 3.8) is 0 Å². The van der Waals surface area contributed by atoms with Crippen LogP contribution in [0.4, 0.5) is 10.1 Å². The fourth-order valence-corrected chi connectivity index (χ4v) is 5.30. The first kappa shape index (κ1) is 21.2. The van der Waals surface area contributed by atoms with Crippen molar-refractivity contribution in [1.29, 1.82) is 0 Å². The summed E-state index contributed by atoms with van der Waals surface area (Å²) in [5.41, 5.74) is 2.33. The van der Waals surface area contributed by atoms with Gasteiger partial charge in [0.25, 0.3) is 5.91 Å². The molecule has 1 amide bonds. The number of aryl methyl sites for hydroxylation is 2. The maximum atomic E-state index is 13.3. The third kappa shape index (κ3) is 5.69. The van der Waals surface area contributed by atoms with Gasteiger partial charge in [0, 0.05) is 45.7 Å². The molecule has 5 heteroatoms. The molecule has 1 N–H and O–H groups in total. The summed E-state index contributed by atoms with van der Waals surface area (Å²) in [5, 5.41) is 2.99. The molecule has 1 rings (SSSR count). The SMILES string of the molecule is CC[P+](CC)(CC)CC(=O)Nc1c(C)cc(F)cc1C.[Y]. The van der Waals surface area contributed by atoms with Gasteiger partial charge in [-0.05, 0) is 57.9 Å². The molecule has 1 aromatic rings. The third-order valence-corrected chi connectivity index (χ3v) is 9.24. The summed E-state index contributed by atoms with van der Waals surface area (Å²) >= 11 is 0. The molecule has 0 aromatic heterocycles. The summed E-state index contributed by atoms with van der Waals surface area (Å²) in [4.78, 5) is 12.3. The Morgan fingerprint density at radius 2 is 1.52 bits per heavy atom. The van der Waals surface area contributed by atoms with Crippen molar-refractivity contribution in [3.05, 3.63) is 29.1 Å². The normalized spacial score (nSPS) is 11.0. The predicted molar refractivity (Wildman–Crippen MR) is 87.9 cm³/mol. The van der Waals surface area contributed by atoms with E-state index in [4.69, 9.17) is 0 Å². The fourth-order valence-electron chi connectivity index (χ4n) is 2.60. The molecule has 0 saturated heterocycles. The van der Waals surface area contributed by atoms with Gasteiger partial charge in [-0.2, -0.15) is 0 Å². The molecule has 0 saturated carbocycles. The quantitative estimate of drug-likeness (QED) is 0.718. The summed E-state index contributed by atoms with van der Waals surface area (Å²) in [6, 6.07) is 2.93. The number of nitrogens with one attached hydrogen (secondary N) is 1. The second-order valence-electron chi connectivity index (χ2n) is 5.41. The second-order valence-corrected chi connectivity index (χ2v) is 10.3. The van der Waals surface area contributed by atoms with Crippen LogP contribution in [0.25, 0.3) is 0 Å². The molecule has 0 bridgehead atoms. The van der Waals surface area contributed by atoms with Gasteiger partial charge in [-0.1, -0.05) is 0 Å². The van der Waals surface area contributed by atoms with Gasteiger partial charge >= 0.3 is 0 Å². The summed E-state index contributed by atoms with van der Waals surface area (Å²) in [7, 11) is -1.16. The van der Waals surface area contributed by atoms with Crippen molar-refractivity contribution in [1.82, 2.24) is 0 Å². The topological polar surface area (TPSA) is 29.1 Å². The summed E-state index contributed by atoms with van der Waals surface area (Å²) in [5.74, 6) is -0.183. The van der Waals surface area contributed by atoms with Crippen LogP contribution in [0.2, 0.25) is 0 Å². The maximum absolute atomic E-state index is 13.3. The maximum Gasteiger partial charge on any atom is 0.261 e. The average molecular weight is 387 g/mol. The van der Waals surface area contributed by atoms with Crippen LogP contribution in [0.1, 0.15) is 31.9 Å². The Hall–Kier alpha value is 0.154. The number of halogens is 1. The van der Waals surface area contributed by atoms with E-state index in [2.05, 4.69) is 26.1 Å². The van der Waals surface area contributed by atoms with Gasteiger partial charge in [0.05, 0.1) is 18.5 Å². The van der Waals surface area contributed by atoms with Crippen LogP contribution in [-0.4, -0.2) is 30.6 Å². The zero-order valence-electron chi connectivity index (χ0n) is 13.8. The fraction of sp³-hybridized carbons (Fsp3) is 0.562. The molecule has 0 unspecified atom stereocenters. The Morgan fingerprint density at radius 1 is 1.10 bits per heavy atom. The van der Waals surface area contributed by atoms with E-state index in [9.17, 15) is 9.18 Å². The van der Waals surface area contributed by atoms with Crippen molar-refractivity contribution >= 4 is 18.9 Å². The van der Waals surface area contributed by atoms with Gasteiger partial charge in [-0.25, -0.2) is 4.39 Å². The van der Waals surface area contributed by atoms with Crippen molar-refractivity contribution in [2.75, 3.05) is 30.0 Å². The van der Waals surface area contributed by atoms with E-state index in [1.807, 2.05) is 13.8 Å². The molecule has 0 aliphatic rings. The number of carbonyl (C=O) groups excluding carboxylic acids is 1. The molecule has 115 valence electrons. The van der Waals surface area contributed by atoms with E-state index in [0.717, 1.165) is 35.3 Å². The number of carbonyl (C=O) groups is 1. The van der Waals surface area contributed by atoms with Gasteiger partial charge in [0.15, 0.2) is 0 Å². The van der Waals surface area contributed by atoms with Crippen LogP contribution in [0.5, 0.6) is 0 Å². The minimum atomic E-state index is -1.16. The van der Waals surface area contributed by atoms with E-state index in [0.29, 0.717) is 6.16 Å². The molecule has 0 heterocycles. The first-order valence-electron chi connectivity index (χ1n) is 7.29. The molecular formula is C16H26FNOPY+. The van der Waals surface area contributed by atoms with E-state index in [-0.39, 0.29) is 44.4 Å². The van der Waals surface area contributed by atoms with Crippen LogP contribution in [-0.2, 0) is 37.5 Å². The van der Waals surface area contributed by atoms with Crippen molar-refractivity contribution < 1.29 is 41.9 Å². The minimum Gasteiger partial charge on any atom is -0.322 e. The van der Waals surface area contributed by atoms with Crippen LogP contribution < -0.4 is 5.32 Å². The van der Waals surface area contributed by atoms with Crippen LogP contribution >= 0.6 is 7.26 Å². The van der Waals surface area contributed by atoms with Crippen molar-refractivity contribution in [2.24, 2.45) is 0 Å². The summed E-state index contributed by atoms with van der Waals surface area (Å²) in [6.07, 6.45) is 3.95. The standard InChI is InChI=1S/C16H25FNOP.Y/c1-6-20(7-2,8-3)11-15(19)18-16-12(4)9-14(17)10-13(16)5;/h9-10H,6-8,11H2,1-5H3;/p+1. The Kier molecular flexibility index (Phi) is 9.40. The van der Waals surface area contributed by atoms with Crippen LogP contribution in [0, 0.1) is 19.7 Å². The van der Waals surface area contributed by atoms with Gasteiger partial charge in [-0.15, -0.1) is 0 Å². The van der Waals surface area contributed by atoms with E-state index in [1.165, 1.54) is 12.1 Å². The monoisotopic (exact) mass is 387 g/mol. The molecule has 2 nitrogen and oxygen atoms in total. The Bertz CT molecular complexity index is 458. The zero-order valence-corrected chi connectivity index (χ0v) is 17.5. The van der Waals surface area contributed by atoms with Crippen molar-refractivity contribution in [2.45, 2.75) is 34.6 Å². The summed E-state index contributed by atoms with van der Waals surface area (Å²) < 4.78 is 13.3. The Labute approximate surface area is 153 Å². The number of hydrogen-bond donors (Lipinski definition) is 1. The number of benzene rings is 1. The van der Waals surface area contributed by atoms with Gasteiger partial charge in [0.1, 0.15) is 12.0 Å². The largest absolute Gasteiger partial charge is 0.322 e. The smallest absolute Gasteiger partial charge is 0.261 e. The minimum absolute atomic E-state index is 0. The molecule has 0 fully saturated rings. The summed E-state index contributed by atoms with van der Waals surface area (Å²) in [6.45, 7) is 10.2. The van der Waals surface area contributed by atoms with Crippen LogP contribution in [0.15, 0.2) is 12.1 Å². The molecule has 0 aliphatic heterocycles. The van der Waals surface area contributed by atoms with Gasteiger partial charge in [0.2, 0.25) is 0 Å². The molecule has 1 radical (unpaired) electrons. The number of amides is 1. The van der Waals surface area contributed by atoms with E-state index < -0.39 is 7.26 Å². The Morgan fingerprint density at radius 3 is 1.90 bits per heavy atom. The second kappa shape index (κ2) is 9.33. The number of anilines is 1. The molecule has 0 atom stereocenters. The molecular weight excluding hydrogens is 361 g/mol. The van der Waals surface area contributed by atoms with Gasteiger partial charge in [-0.3, -0.25) is 4.79 Å². The first-order valence-corrected chi connectivity index (χ1v) is 9.82. The van der Waals surface area contributed by atoms with E-state index in [1.54, 1.807) is 0 Å². The molecule has 0 aliphatic carbocycles. The van der Waals surface area contributed by atoms with Crippen molar-refractivity contribution in [3.8, 4) is 0 Å². The number of hydrogen-bond acceptors (Lipinski definition) is 1. The molecule has 1 aromatic carbocycles. The third-order valence-electron chi connectivity index (χ3n) is 4.25. The van der Waals surface area contributed by atoms with Gasteiger partial charge < -0.3 is 5.32 Å². The molecule has 21 heavy (non-hydrogen) atoms. The predicted octanol–water partition coefficient (Wildman–Crippen LogP) is 4.46. The van der Waals surface area contributed by atoms with E-state index >= 15 is 0 Å². The zero-order chi connectivity index (χ0) is 15.3. The average Bonchev–Trinajstić information content (AvgIpc) is 2.40.